The molecule has 0 saturated carbocycles. The summed E-state index contributed by atoms with van der Waals surface area (Å²) < 4.78 is 0. The van der Waals surface area contributed by atoms with Crippen LogP contribution in [0.25, 0.3) is 22.5 Å². The van der Waals surface area contributed by atoms with Gasteiger partial charge in [-0.25, -0.2) is 0 Å². The standard InChI is InChI=1S/C33H26N4/c1-25-21-23-26(24-22-25)30-19-11-12-20-31(30)32-34-36-37(35-32)33(27-13-5-2-6-14-27,28-15-7-3-8-16-28)29-17-9-4-10-18-29/h2-24H,1H3. The maximum Gasteiger partial charge on any atom is 0.205 e. The molecule has 0 radical (unpaired) electrons. The second kappa shape index (κ2) is 9.67. The predicted octanol–water partition coefficient (Wildman–Crippen LogP) is 7.16. The van der Waals surface area contributed by atoms with E-state index in [1.807, 2.05) is 30.3 Å². The summed E-state index contributed by atoms with van der Waals surface area (Å²) in [5.41, 5.74) is 6.75. The molecule has 0 bridgehead atoms. The predicted molar refractivity (Wildman–Crippen MR) is 148 cm³/mol. The van der Waals surface area contributed by atoms with Gasteiger partial charge in [-0.05, 0) is 40.0 Å². The van der Waals surface area contributed by atoms with E-state index in [0.29, 0.717) is 5.82 Å². The van der Waals surface area contributed by atoms with Crippen molar-refractivity contribution in [3.8, 4) is 22.5 Å². The van der Waals surface area contributed by atoms with Gasteiger partial charge in [0.1, 0.15) is 0 Å². The van der Waals surface area contributed by atoms with E-state index in [1.165, 1.54) is 5.56 Å². The average Bonchev–Trinajstić information content (AvgIpc) is 3.46. The van der Waals surface area contributed by atoms with Gasteiger partial charge in [-0.2, -0.15) is 0 Å². The van der Waals surface area contributed by atoms with Crippen molar-refractivity contribution in [3.63, 3.8) is 0 Å². The molecular weight excluding hydrogens is 452 g/mol. The van der Waals surface area contributed by atoms with Crippen LogP contribution in [0.2, 0.25) is 0 Å². The molecule has 0 aliphatic rings. The molecule has 0 fully saturated rings. The summed E-state index contributed by atoms with van der Waals surface area (Å²) in [6, 6.07) is 48.0. The van der Waals surface area contributed by atoms with Crippen molar-refractivity contribution in [1.82, 2.24) is 20.2 Å². The van der Waals surface area contributed by atoms with Crippen molar-refractivity contribution in [2.75, 3.05) is 0 Å². The number of aryl methyl sites for hydroxylation is 1. The van der Waals surface area contributed by atoms with Gasteiger partial charge in [0.15, 0.2) is 5.54 Å². The first-order valence-corrected chi connectivity index (χ1v) is 12.4. The highest BCUT2D eigenvalue weighted by Crippen LogP contribution is 2.40. The van der Waals surface area contributed by atoms with Crippen molar-refractivity contribution < 1.29 is 0 Å². The highest BCUT2D eigenvalue weighted by molar-refractivity contribution is 5.80. The third kappa shape index (κ3) is 4.03. The summed E-state index contributed by atoms with van der Waals surface area (Å²) >= 11 is 0. The normalized spacial score (nSPS) is 11.4. The Morgan fingerprint density at radius 3 is 1.49 bits per heavy atom. The summed E-state index contributed by atoms with van der Waals surface area (Å²) in [7, 11) is 0. The Bertz CT molecular complexity index is 1510. The van der Waals surface area contributed by atoms with E-state index in [2.05, 4.69) is 121 Å². The van der Waals surface area contributed by atoms with Crippen molar-refractivity contribution in [1.29, 1.82) is 0 Å². The summed E-state index contributed by atoms with van der Waals surface area (Å²) in [4.78, 5) is 1.77. The van der Waals surface area contributed by atoms with Gasteiger partial charge in [-0.15, -0.1) is 15.0 Å². The monoisotopic (exact) mass is 478 g/mol. The molecule has 1 aromatic heterocycles. The van der Waals surface area contributed by atoms with Gasteiger partial charge in [-0.1, -0.05) is 145 Å². The zero-order valence-corrected chi connectivity index (χ0v) is 20.6. The minimum atomic E-state index is -0.798. The molecule has 0 saturated heterocycles. The second-order valence-corrected chi connectivity index (χ2v) is 9.12. The number of benzene rings is 5. The van der Waals surface area contributed by atoms with Crippen LogP contribution in [0.15, 0.2) is 140 Å². The van der Waals surface area contributed by atoms with Gasteiger partial charge in [0.2, 0.25) is 5.82 Å². The van der Waals surface area contributed by atoms with E-state index in [4.69, 9.17) is 10.3 Å². The van der Waals surface area contributed by atoms with Crippen molar-refractivity contribution in [2.45, 2.75) is 12.5 Å². The molecule has 0 aliphatic heterocycles. The number of hydrogen-bond acceptors (Lipinski definition) is 3. The smallest absolute Gasteiger partial charge is 0.144 e. The zero-order valence-electron chi connectivity index (χ0n) is 20.6. The topological polar surface area (TPSA) is 43.6 Å². The number of hydrogen-bond donors (Lipinski definition) is 0. The summed E-state index contributed by atoms with van der Waals surface area (Å²) in [5.74, 6) is 0.586. The van der Waals surface area contributed by atoms with E-state index in [9.17, 15) is 0 Å². The Kier molecular flexibility index (Phi) is 5.91. The lowest BCUT2D eigenvalue weighted by Gasteiger charge is -2.34. The van der Waals surface area contributed by atoms with Crippen LogP contribution < -0.4 is 0 Å². The molecule has 4 nitrogen and oxygen atoms in total. The van der Waals surface area contributed by atoms with E-state index in [1.54, 1.807) is 4.80 Å². The first kappa shape index (κ1) is 22.6. The van der Waals surface area contributed by atoms with Crippen LogP contribution in [0, 0.1) is 6.92 Å². The minimum Gasteiger partial charge on any atom is -0.144 e. The van der Waals surface area contributed by atoms with Gasteiger partial charge in [0, 0.05) is 5.56 Å². The largest absolute Gasteiger partial charge is 0.205 e. The van der Waals surface area contributed by atoms with Crippen LogP contribution in [0.3, 0.4) is 0 Å². The summed E-state index contributed by atoms with van der Waals surface area (Å²) in [6.45, 7) is 2.10. The number of aromatic nitrogens is 4. The van der Waals surface area contributed by atoms with Gasteiger partial charge < -0.3 is 0 Å². The Balaban J connectivity index is 1.59. The van der Waals surface area contributed by atoms with Crippen LogP contribution in [-0.4, -0.2) is 20.2 Å². The molecule has 0 unspecified atom stereocenters. The highest BCUT2D eigenvalue weighted by Gasteiger charge is 2.41. The van der Waals surface area contributed by atoms with Gasteiger partial charge in [0.05, 0.1) is 0 Å². The lowest BCUT2D eigenvalue weighted by Crippen LogP contribution is -2.39. The Hall–Kier alpha value is -4.83. The molecule has 178 valence electrons. The maximum atomic E-state index is 5.08. The van der Waals surface area contributed by atoms with E-state index < -0.39 is 5.54 Å². The Labute approximate surface area is 216 Å². The minimum absolute atomic E-state index is 0.586. The number of nitrogens with zero attached hydrogens (tertiary/aromatic N) is 4. The van der Waals surface area contributed by atoms with Gasteiger partial charge >= 0.3 is 0 Å². The first-order chi connectivity index (χ1) is 18.3. The van der Waals surface area contributed by atoms with Gasteiger partial charge in [-0.3, -0.25) is 0 Å². The third-order valence-corrected chi connectivity index (χ3v) is 6.82. The molecule has 0 aliphatic carbocycles. The molecule has 0 amide bonds. The zero-order chi connectivity index (χ0) is 25.1. The first-order valence-electron chi connectivity index (χ1n) is 12.4. The van der Waals surface area contributed by atoms with Gasteiger partial charge in [0.25, 0.3) is 0 Å². The molecule has 37 heavy (non-hydrogen) atoms. The second-order valence-electron chi connectivity index (χ2n) is 9.12. The molecule has 6 aromatic rings. The van der Waals surface area contributed by atoms with E-state index in [0.717, 1.165) is 33.4 Å². The fourth-order valence-electron chi connectivity index (χ4n) is 5.01. The number of tetrazole rings is 1. The molecule has 0 N–H and O–H groups in total. The molecule has 4 heteroatoms. The van der Waals surface area contributed by atoms with E-state index in [-0.39, 0.29) is 0 Å². The molecule has 0 atom stereocenters. The van der Waals surface area contributed by atoms with Crippen molar-refractivity contribution in [2.24, 2.45) is 0 Å². The SMILES string of the molecule is Cc1ccc(-c2ccccc2-c2nnn(C(c3ccccc3)(c3ccccc3)c3ccccc3)n2)cc1. The van der Waals surface area contributed by atoms with Crippen molar-refractivity contribution in [3.05, 3.63) is 162 Å². The fraction of sp³-hybridized carbons (Fsp3) is 0.0606. The van der Waals surface area contributed by atoms with Crippen LogP contribution in [0.4, 0.5) is 0 Å². The highest BCUT2D eigenvalue weighted by atomic mass is 15.6. The van der Waals surface area contributed by atoms with Crippen LogP contribution in [0.5, 0.6) is 0 Å². The lowest BCUT2D eigenvalue weighted by atomic mass is 9.77. The third-order valence-electron chi connectivity index (χ3n) is 6.82. The quantitative estimate of drug-likeness (QED) is 0.239. The van der Waals surface area contributed by atoms with Crippen LogP contribution >= 0.6 is 0 Å². The molecular formula is C33H26N4. The molecule has 0 spiro atoms. The van der Waals surface area contributed by atoms with Crippen molar-refractivity contribution >= 4 is 0 Å². The Morgan fingerprint density at radius 1 is 0.514 bits per heavy atom. The fourth-order valence-corrected chi connectivity index (χ4v) is 5.01. The lowest BCUT2D eigenvalue weighted by molar-refractivity contribution is 0.396. The molecule has 5 aromatic carbocycles. The molecule has 6 rings (SSSR count). The summed E-state index contributed by atoms with van der Waals surface area (Å²) in [6.07, 6.45) is 0. The molecule has 1 heterocycles. The number of rotatable bonds is 6. The Morgan fingerprint density at radius 2 is 0.973 bits per heavy atom. The summed E-state index contributed by atoms with van der Waals surface area (Å²) in [5, 5.41) is 14.4. The average molecular weight is 479 g/mol. The van der Waals surface area contributed by atoms with Crippen LogP contribution in [0.1, 0.15) is 22.3 Å². The maximum absolute atomic E-state index is 5.08. The van der Waals surface area contributed by atoms with E-state index >= 15 is 0 Å². The van der Waals surface area contributed by atoms with Crippen LogP contribution in [-0.2, 0) is 5.54 Å².